The predicted molar refractivity (Wildman–Crippen MR) is 70.8 cm³/mol. The molecule has 1 aliphatic heterocycles. The molecule has 3 rings (SSSR count). The highest BCUT2D eigenvalue weighted by Crippen LogP contribution is 2.25. The number of ether oxygens (including phenoxy) is 1. The summed E-state index contributed by atoms with van der Waals surface area (Å²) in [5.74, 6) is 1.70. The highest BCUT2D eigenvalue weighted by atomic mass is 16.5. The molecular formula is C14H15N3O. The lowest BCUT2D eigenvalue weighted by atomic mass is 9.99. The first kappa shape index (κ1) is 10.9. The van der Waals surface area contributed by atoms with Crippen LogP contribution in [0, 0.1) is 0 Å². The number of para-hydroxylation sites is 2. The van der Waals surface area contributed by atoms with Crippen LogP contribution in [0.2, 0.25) is 0 Å². The smallest absolute Gasteiger partial charge is 0.136 e. The summed E-state index contributed by atoms with van der Waals surface area (Å²) < 4.78 is 5.16. The number of dihydropyridines is 1. The maximum atomic E-state index is 5.16. The lowest BCUT2D eigenvalue weighted by Crippen LogP contribution is -2.37. The van der Waals surface area contributed by atoms with Gasteiger partial charge in [0, 0.05) is 6.20 Å². The quantitative estimate of drug-likeness (QED) is 0.849. The molecule has 0 bridgehead atoms. The molecular weight excluding hydrogens is 226 g/mol. The largest absolute Gasteiger partial charge is 0.495 e. The zero-order valence-electron chi connectivity index (χ0n) is 10.4. The lowest BCUT2D eigenvalue weighted by molar-refractivity contribution is 0.295. The van der Waals surface area contributed by atoms with E-state index in [1.807, 2.05) is 42.6 Å². The topological polar surface area (TPSA) is 49.9 Å². The average molecular weight is 241 g/mol. The molecule has 4 heteroatoms. The van der Waals surface area contributed by atoms with Crippen molar-refractivity contribution in [3.05, 3.63) is 54.2 Å². The molecule has 1 aromatic heterocycles. The number of imidazole rings is 1. The number of nitrogens with one attached hydrogen (secondary N) is 2. The van der Waals surface area contributed by atoms with E-state index in [9.17, 15) is 0 Å². The molecule has 0 aliphatic carbocycles. The van der Waals surface area contributed by atoms with Crippen LogP contribution in [-0.2, 0) is 10.3 Å². The van der Waals surface area contributed by atoms with E-state index >= 15 is 0 Å². The molecule has 0 radical (unpaired) electrons. The number of aromatic amines is 1. The Labute approximate surface area is 105 Å². The summed E-state index contributed by atoms with van der Waals surface area (Å²) in [6.45, 7) is 2.07. The minimum Gasteiger partial charge on any atom is -0.495 e. The zero-order valence-corrected chi connectivity index (χ0v) is 10.4. The van der Waals surface area contributed by atoms with Crippen molar-refractivity contribution in [2.45, 2.75) is 12.5 Å². The normalized spacial score (nSPS) is 22.7. The number of allylic oxidation sites excluding steroid dienone is 1. The molecule has 92 valence electrons. The highest BCUT2D eigenvalue weighted by Gasteiger charge is 2.28. The molecule has 1 aliphatic rings. The summed E-state index contributed by atoms with van der Waals surface area (Å²) in [6, 6.07) is 8.02. The maximum absolute atomic E-state index is 5.16. The van der Waals surface area contributed by atoms with Gasteiger partial charge in [-0.15, -0.1) is 0 Å². The number of benzene rings is 1. The first-order valence-electron chi connectivity index (χ1n) is 5.87. The molecule has 0 saturated carbocycles. The fourth-order valence-corrected chi connectivity index (χ4v) is 2.04. The van der Waals surface area contributed by atoms with Gasteiger partial charge < -0.3 is 15.0 Å². The third-order valence-electron chi connectivity index (χ3n) is 3.21. The second kappa shape index (κ2) is 3.91. The summed E-state index contributed by atoms with van der Waals surface area (Å²) in [5, 5.41) is 3.31. The number of H-pyrrole nitrogens is 1. The van der Waals surface area contributed by atoms with E-state index in [1.165, 1.54) is 0 Å². The van der Waals surface area contributed by atoms with E-state index in [0.717, 1.165) is 22.6 Å². The SMILES string of the molecule is COC1=CNC(C)(c2nc3ccccc3[nH]2)C=C1. The van der Waals surface area contributed by atoms with Gasteiger partial charge in [-0.1, -0.05) is 12.1 Å². The van der Waals surface area contributed by atoms with E-state index in [0.29, 0.717) is 0 Å². The summed E-state index contributed by atoms with van der Waals surface area (Å²) >= 11 is 0. The van der Waals surface area contributed by atoms with E-state index in [-0.39, 0.29) is 5.54 Å². The van der Waals surface area contributed by atoms with E-state index < -0.39 is 0 Å². The van der Waals surface area contributed by atoms with Gasteiger partial charge in [-0.05, 0) is 31.2 Å². The van der Waals surface area contributed by atoms with Crippen LogP contribution in [0.25, 0.3) is 11.0 Å². The van der Waals surface area contributed by atoms with Gasteiger partial charge in [-0.25, -0.2) is 4.98 Å². The number of hydrogen-bond donors (Lipinski definition) is 2. The summed E-state index contributed by atoms with van der Waals surface area (Å²) in [6.07, 6.45) is 5.85. The molecule has 4 nitrogen and oxygen atoms in total. The van der Waals surface area contributed by atoms with E-state index in [4.69, 9.17) is 4.74 Å². The van der Waals surface area contributed by atoms with E-state index in [2.05, 4.69) is 22.2 Å². The van der Waals surface area contributed by atoms with Gasteiger partial charge in [0.25, 0.3) is 0 Å². The van der Waals surface area contributed by atoms with Crippen LogP contribution in [-0.4, -0.2) is 17.1 Å². The Morgan fingerprint density at radius 3 is 2.78 bits per heavy atom. The number of methoxy groups -OCH3 is 1. The summed E-state index contributed by atoms with van der Waals surface area (Å²) in [4.78, 5) is 7.96. The van der Waals surface area contributed by atoms with Crippen LogP contribution in [0.3, 0.4) is 0 Å². The van der Waals surface area contributed by atoms with Crippen molar-refractivity contribution in [1.82, 2.24) is 15.3 Å². The first-order valence-corrected chi connectivity index (χ1v) is 5.87. The Bertz CT molecular complexity index is 608. The van der Waals surface area contributed by atoms with Gasteiger partial charge in [0.05, 0.1) is 18.1 Å². The second-order valence-corrected chi connectivity index (χ2v) is 4.53. The molecule has 0 amide bonds. The summed E-state index contributed by atoms with van der Waals surface area (Å²) in [7, 11) is 1.65. The Morgan fingerprint density at radius 2 is 2.11 bits per heavy atom. The highest BCUT2D eigenvalue weighted by molar-refractivity contribution is 5.75. The zero-order chi connectivity index (χ0) is 12.6. The van der Waals surface area contributed by atoms with Crippen molar-refractivity contribution < 1.29 is 4.74 Å². The molecule has 18 heavy (non-hydrogen) atoms. The molecule has 2 heterocycles. The lowest BCUT2D eigenvalue weighted by Gasteiger charge is -2.27. The van der Waals surface area contributed by atoms with Gasteiger partial charge in [0.15, 0.2) is 0 Å². The number of rotatable bonds is 2. The Kier molecular flexibility index (Phi) is 2.37. The van der Waals surface area contributed by atoms with Gasteiger partial charge in [0.2, 0.25) is 0 Å². The predicted octanol–water partition coefficient (Wildman–Crippen LogP) is 2.43. The van der Waals surface area contributed by atoms with Crippen molar-refractivity contribution in [3.8, 4) is 0 Å². The molecule has 1 atom stereocenters. The molecule has 0 spiro atoms. The standard InChI is InChI=1S/C14H15N3O/c1-14(8-7-10(18-2)9-15-14)13-16-11-5-3-4-6-12(11)17-13/h3-9,15H,1-2H3,(H,16,17). The molecule has 1 aromatic carbocycles. The van der Waals surface area contributed by atoms with Crippen molar-refractivity contribution >= 4 is 11.0 Å². The van der Waals surface area contributed by atoms with Crippen LogP contribution >= 0.6 is 0 Å². The van der Waals surface area contributed by atoms with Gasteiger partial charge in [0.1, 0.15) is 17.1 Å². The number of fused-ring (bicyclic) bond motifs is 1. The molecule has 2 aromatic rings. The van der Waals surface area contributed by atoms with Crippen molar-refractivity contribution in [1.29, 1.82) is 0 Å². The van der Waals surface area contributed by atoms with Crippen LogP contribution in [0.4, 0.5) is 0 Å². The number of aromatic nitrogens is 2. The van der Waals surface area contributed by atoms with Crippen molar-refractivity contribution in [2.24, 2.45) is 0 Å². The summed E-state index contributed by atoms with van der Waals surface area (Å²) in [5.41, 5.74) is 1.69. The van der Waals surface area contributed by atoms with Crippen molar-refractivity contribution in [2.75, 3.05) is 7.11 Å². The van der Waals surface area contributed by atoms with Crippen LogP contribution < -0.4 is 5.32 Å². The van der Waals surface area contributed by atoms with Crippen molar-refractivity contribution in [3.63, 3.8) is 0 Å². The first-order chi connectivity index (χ1) is 8.71. The number of hydrogen-bond acceptors (Lipinski definition) is 3. The molecule has 0 saturated heterocycles. The average Bonchev–Trinajstić information content (AvgIpc) is 2.84. The Balaban J connectivity index is 2.00. The monoisotopic (exact) mass is 241 g/mol. The van der Waals surface area contributed by atoms with Gasteiger partial charge in [-0.3, -0.25) is 0 Å². The van der Waals surface area contributed by atoms with E-state index in [1.54, 1.807) is 7.11 Å². The molecule has 2 N–H and O–H groups in total. The van der Waals surface area contributed by atoms with Crippen LogP contribution in [0.5, 0.6) is 0 Å². The van der Waals surface area contributed by atoms with Gasteiger partial charge in [-0.2, -0.15) is 0 Å². The third-order valence-corrected chi connectivity index (χ3v) is 3.21. The molecule has 0 fully saturated rings. The second-order valence-electron chi connectivity index (χ2n) is 4.53. The Hall–Kier alpha value is -2.23. The van der Waals surface area contributed by atoms with Crippen LogP contribution in [0.1, 0.15) is 12.7 Å². The van der Waals surface area contributed by atoms with Gasteiger partial charge >= 0.3 is 0 Å². The minimum atomic E-state index is -0.332. The molecule has 1 unspecified atom stereocenters. The third kappa shape index (κ3) is 1.66. The fourth-order valence-electron chi connectivity index (χ4n) is 2.04. The van der Waals surface area contributed by atoms with Crippen LogP contribution in [0.15, 0.2) is 48.4 Å². The fraction of sp³-hybridized carbons (Fsp3) is 0.214. The maximum Gasteiger partial charge on any atom is 0.136 e. The Morgan fingerprint density at radius 1 is 1.28 bits per heavy atom. The minimum absolute atomic E-state index is 0.332. The number of nitrogens with zero attached hydrogens (tertiary/aromatic N) is 1.